The number of anilines is 1. The fourth-order valence-corrected chi connectivity index (χ4v) is 2.96. The largest absolute Gasteiger partial charge is 0.328 e. The number of nitro benzene ring substituents is 1. The van der Waals surface area contributed by atoms with Crippen LogP contribution in [-0.4, -0.2) is 20.4 Å². The third-order valence-corrected chi connectivity index (χ3v) is 4.38. The van der Waals surface area contributed by atoms with E-state index < -0.39 is 22.1 Å². The van der Waals surface area contributed by atoms with Gasteiger partial charge in [-0.15, -0.1) is 11.3 Å². The highest BCUT2D eigenvalue weighted by Gasteiger charge is 2.16. The number of carbonyl (C=O) groups excluding carboxylic acids is 1. The number of hydrogen-bond acceptors (Lipinski definition) is 6. The number of rotatable bonds is 5. The topological polar surface area (TPSA) is 127 Å². The fraction of sp³-hybridized carbons (Fsp3) is 0.0625. The SMILES string of the molecule is O=C(Nc1cccc([N+](=O)[O-])c1)c1c[nH]c(=O)n(Cc2cccs2)c1=O. The van der Waals surface area contributed by atoms with Crippen LogP contribution in [0.25, 0.3) is 0 Å². The number of carbonyl (C=O) groups is 1. The molecule has 0 fully saturated rings. The van der Waals surface area contributed by atoms with Gasteiger partial charge in [-0.2, -0.15) is 0 Å². The summed E-state index contributed by atoms with van der Waals surface area (Å²) >= 11 is 1.38. The smallest absolute Gasteiger partial charge is 0.322 e. The van der Waals surface area contributed by atoms with Gasteiger partial charge < -0.3 is 10.3 Å². The monoisotopic (exact) mass is 372 g/mol. The van der Waals surface area contributed by atoms with Gasteiger partial charge in [0, 0.05) is 28.9 Å². The van der Waals surface area contributed by atoms with E-state index in [0.717, 1.165) is 15.6 Å². The van der Waals surface area contributed by atoms with Gasteiger partial charge in [0.1, 0.15) is 5.56 Å². The number of non-ortho nitro benzene ring substituents is 1. The van der Waals surface area contributed by atoms with Crippen LogP contribution in [0.1, 0.15) is 15.2 Å². The van der Waals surface area contributed by atoms with Crippen molar-refractivity contribution in [3.05, 3.63) is 89.4 Å². The minimum absolute atomic E-state index is 0.0454. The Morgan fingerprint density at radius 2 is 2.08 bits per heavy atom. The van der Waals surface area contributed by atoms with Crippen molar-refractivity contribution in [2.45, 2.75) is 6.54 Å². The first kappa shape index (κ1) is 17.3. The average molecular weight is 372 g/mol. The lowest BCUT2D eigenvalue weighted by atomic mass is 10.2. The molecule has 2 N–H and O–H groups in total. The van der Waals surface area contributed by atoms with Gasteiger partial charge in [0.05, 0.1) is 11.5 Å². The Bertz CT molecular complexity index is 1080. The molecular weight excluding hydrogens is 360 g/mol. The zero-order valence-corrected chi connectivity index (χ0v) is 14.0. The number of hydrogen-bond donors (Lipinski definition) is 2. The van der Waals surface area contributed by atoms with Crippen molar-refractivity contribution in [1.82, 2.24) is 9.55 Å². The summed E-state index contributed by atoms with van der Waals surface area (Å²) in [7, 11) is 0. The molecule has 0 aliphatic carbocycles. The zero-order chi connectivity index (χ0) is 18.7. The van der Waals surface area contributed by atoms with Crippen molar-refractivity contribution < 1.29 is 9.72 Å². The number of nitrogens with one attached hydrogen (secondary N) is 2. The average Bonchev–Trinajstić information content (AvgIpc) is 3.12. The maximum atomic E-state index is 12.5. The van der Waals surface area contributed by atoms with Gasteiger partial charge in [-0.1, -0.05) is 12.1 Å². The molecular formula is C16H12N4O5S. The van der Waals surface area contributed by atoms with E-state index in [-0.39, 0.29) is 23.5 Å². The second kappa shape index (κ2) is 7.15. The third-order valence-electron chi connectivity index (χ3n) is 3.51. The number of aromatic amines is 1. The Hall–Kier alpha value is -3.53. The number of H-pyrrole nitrogens is 1. The van der Waals surface area contributed by atoms with Crippen LogP contribution in [0, 0.1) is 10.1 Å². The summed E-state index contributed by atoms with van der Waals surface area (Å²) in [5, 5.41) is 15.0. The summed E-state index contributed by atoms with van der Waals surface area (Å²) < 4.78 is 0.925. The van der Waals surface area contributed by atoms with Crippen LogP contribution in [0.2, 0.25) is 0 Å². The number of aromatic nitrogens is 2. The molecule has 3 rings (SSSR count). The van der Waals surface area contributed by atoms with E-state index in [1.165, 1.54) is 35.6 Å². The van der Waals surface area contributed by atoms with Crippen molar-refractivity contribution in [3.8, 4) is 0 Å². The molecule has 0 aliphatic heterocycles. The van der Waals surface area contributed by atoms with Crippen LogP contribution in [0.5, 0.6) is 0 Å². The van der Waals surface area contributed by atoms with Gasteiger partial charge in [0.15, 0.2) is 0 Å². The molecule has 0 atom stereocenters. The van der Waals surface area contributed by atoms with E-state index in [1.807, 2.05) is 5.38 Å². The van der Waals surface area contributed by atoms with Gasteiger partial charge in [0.2, 0.25) is 0 Å². The number of thiophene rings is 1. The van der Waals surface area contributed by atoms with Gasteiger partial charge in [-0.05, 0) is 17.5 Å². The van der Waals surface area contributed by atoms with Gasteiger partial charge in [-0.3, -0.25) is 24.3 Å². The van der Waals surface area contributed by atoms with E-state index in [9.17, 15) is 24.5 Å². The second-order valence-electron chi connectivity index (χ2n) is 5.24. The Balaban J connectivity index is 1.90. The van der Waals surface area contributed by atoms with Crippen molar-refractivity contribution in [2.24, 2.45) is 0 Å². The second-order valence-corrected chi connectivity index (χ2v) is 6.27. The van der Waals surface area contributed by atoms with E-state index in [1.54, 1.807) is 12.1 Å². The summed E-state index contributed by atoms with van der Waals surface area (Å²) in [6, 6.07) is 8.89. The van der Waals surface area contributed by atoms with Gasteiger partial charge in [0.25, 0.3) is 17.2 Å². The summed E-state index contributed by atoms with van der Waals surface area (Å²) in [6.07, 6.45) is 1.03. The zero-order valence-electron chi connectivity index (χ0n) is 13.2. The lowest BCUT2D eigenvalue weighted by Crippen LogP contribution is -2.39. The number of nitrogens with zero attached hydrogens (tertiary/aromatic N) is 2. The molecule has 0 saturated heterocycles. The maximum absolute atomic E-state index is 12.5. The van der Waals surface area contributed by atoms with Gasteiger partial charge in [-0.25, -0.2) is 4.79 Å². The number of nitro groups is 1. The molecule has 0 bridgehead atoms. The Morgan fingerprint density at radius 3 is 2.77 bits per heavy atom. The van der Waals surface area contributed by atoms with Crippen molar-refractivity contribution >= 4 is 28.6 Å². The van der Waals surface area contributed by atoms with E-state index in [4.69, 9.17) is 0 Å². The van der Waals surface area contributed by atoms with Gasteiger partial charge >= 0.3 is 5.69 Å². The summed E-state index contributed by atoms with van der Waals surface area (Å²) in [6.45, 7) is 0.0454. The number of benzene rings is 1. The van der Waals surface area contributed by atoms with Crippen molar-refractivity contribution in [1.29, 1.82) is 0 Å². The van der Waals surface area contributed by atoms with E-state index in [2.05, 4.69) is 10.3 Å². The molecule has 132 valence electrons. The van der Waals surface area contributed by atoms with Crippen molar-refractivity contribution in [3.63, 3.8) is 0 Å². The van der Waals surface area contributed by atoms with Crippen molar-refractivity contribution in [2.75, 3.05) is 5.32 Å². The molecule has 0 radical (unpaired) electrons. The summed E-state index contributed by atoms with van der Waals surface area (Å²) in [5.41, 5.74) is -1.67. The molecule has 0 aliphatic rings. The number of amides is 1. The summed E-state index contributed by atoms with van der Waals surface area (Å²) in [4.78, 5) is 50.1. The Kier molecular flexibility index (Phi) is 4.76. The first-order valence-corrected chi connectivity index (χ1v) is 8.24. The van der Waals surface area contributed by atoms with Crippen LogP contribution in [-0.2, 0) is 6.54 Å². The van der Waals surface area contributed by atoms with Crippen LogP contribution >= 0.6 is 11.3 Å². The highest BCUT2D eigenvalue weighted by molar-refractivity contribution is 7.09. The predicted molar refractivity (Wildman–Crippen MR) is 95.8 cm³/mol. The fourth-order valence-electron chi connectivity index (χ4n) is 2.27. The first-order chi connectivity index (χ1) is 12.5. The molecule has 0 saturated carbocycles. The molecule has 2 heterocycles. The highest BCUT2D eigenvalue weighted by Crippen LogP contribution is 2.17. The molecule has 3 aromatic rings. The minimum atomic E-state index is -0.772. The molecule has 9 nitrogen and oxygen atoms in total. The lowest BCUT2D eigenvalue weighted by molar-refractivity contribution is -0.384. The third kappa shape index (κ3) is 3.59. The molecule has 10 heteroatoms. The van der Waals surface area contributed by atoms with Crippen LogP contribution in [0.15, 0.2) is 57.6 Å². The molecule has 0 unspecified atom stereocenters. The molecule has 26 heavy (non-hydrogen) atoms. The molecule has 1 amide bonds. The molecule has 0 spiro atoms. The Morgan fingerprint density at radius 1 is 1.27 bits per heavy atom. The summed E-state index contributed by atoms with van der Waals surface area (Å²) in [5.74, 6) is -0.772. The van der Waals surface area contributed by atoms with Crippen LogP contribution < -0.4 is 16.6 Å². The van der Waals surface area contributed by atoms with E-state index in [0.29, 0.717) is 0 Å². The van der Waals surface area contributed by atoms with E-state index >= 15 is 0 Å². The normalized spacial score (nSPS) is 10.5. The molecule has 2 aromatic heterocycles. The first-order valence-electron chi connectivity index (χ1n) is 7.36. The Labute approximate surface area is 149 Å². The standard InChI is InChI=1S/C16H12N4O5S/c21-14(18-10-3-1-4-11(7-10)20(24)25)13-8-17-16(23)19(15(13)22)9-12-5-2-6-26-12/h1-8H,9H2,(H,17,23)(H,18,21). The maximum Gasteiger partial charge on any atom is 0.328 e. The highest BCUT2D eigenvalue weighted by atomic mass is 32.1. The van der Waals surface area contributed by atoms with Crippen LogP contribution in [0.4, 0.5) is 11.4 Å². The minimum Gasteiger partial charge on any atom is -0.322 e. The predicted octanol–water partition coefficient (Wildman–Crippen LogP) is 1.81. The quantitative estimate of drug-likeness (QED) is 0.521. The molecule has 1 aromatic carbocycles. The lowest BCUT2D eigenvalue weighted by Gasteiger charge is -2.07. The van der Waals surface area contributed by atoms with Crippen LogP contribution in [0.3, 0.4) is 0 Å².